The minimum Gasteiger partial charge on any atom is -0.370 e. The van der Waals surface area contributed by atoms with Crippen molar-refractivity contribution in [3.63, 3.8) is 0 Å². The Morgan fingerprint density at radius 3 is 2.66 bits per heavy atom. The molecule has 4 N–H and O–H groups in total. The highest BCUT2D eigenvalue weighted by atomic mass is 32.2. The molecular formula is C24H27FN6S. The lowest BCUT2D eigenvalue weighted by molar-refractivity contribution is 0.637. The summed E-state index contributed by atoms with van der Waals surface area (Å²) in [5.74, 6) is 1.95. The second-order valence-electron chi connectivity index (χ2n) is 7.66. The molecule has 0 fully saturated rings. The number of nitrogens with zero attached hydrogens (tertiary/aromatic N) is 2. The van der Waals surface area contributed by atoms with Gasteiger partial charge in [-0.2, -0.15) is 0 Å². The Balaban J connectivity index is 1.48. The zero-order chi connectivity index (χ0) is 22.7. The van der Waals surface area contributed by atoms with E-state index in [1.165, 1.54) is 6.07 Å². The number of nitrogens with one attached hydrogen (secondary N) is 4. The zero-order valence-electron chi connectivity index (χ0n) is 18.6. The van der Waals surface area contributed by atoms with E-state index in [1.54, 1.807) is 11.9 Å². The van der Waals surface area contributed by atoms with Gasteiger partial charge in [0.1, 0.15) is 23.3 Å². The summed E-state index contributed by atoms with van der Waals surface area (Å²) in [4.78, 5) is 13.3. The Morgan fingerprint density at radius 1 is 1.03 bits per heavy atom. The van der Waals surface area contributed by atoms with Crippen molar-refractivity contribution in [2.24, 2.45) is 0 Å². The second kappa shape index (κ2) is 9.58. The van der Waals surface area contributed by atoms with Gasteiger partial charge in [0.15, 0.2) is 0 Å². The maximum atomic E-state index is 14.2. The summed E-state index contributed by atoms with van der Waals surface area (Å²) < 4.78 is 17.3. The first-order valence-electron chi connectivity index (χ1n) is 10.5. The number of hydrogen-bond donors (Lipinski definition) is 4. The van der Waals surface area contributed by atoms with Gasteiger partial charge in [-0.1, -0.05) is 12.1 Å². The van der Waals surface area contributed by atoms with E-state index < -0.39 is 0 Å². The van der Waals surface area contributed by atoms with Gasteiger partial charge in [-0.3, -0.25) is 4.72 Å². The first-order chi connectivity index (χ1) is 15.4. The van der Waals surface area contributed by atoms with Crippen LogP contribution < -0.4 is 15.4 Å². The molecule has 0 atom stereocenters. The molecule has 2 aromatic carbocycles. The first-order valence-corrected chi connectivity index (χ1v) is 11.3. The van der Waals surface area contributed by atoms with Gasteiger partial charge in [0.25, 0.3) is 0 Å². The Bertz CT molecular complexity index is 1250. The van der Waals surface area contributed by atoms with Crippen molar-refractivity contribution in [2.45, 2.75) is 32.1 Å². The highest BCUT2D eigenvalue weighted by Crippen LogP contribution is 2.28. The van der Waals surface area contributed by atoms with E-state index in [4.69, 9.17) is 0 Å². The van der Waals surface area contributed by atoms with Crippen LogP contribution in [0, 0.1) is 26.6 Å². The number of aromatic nitrogens is 3. The molecule has 6 nitrogen and oxygen atoms in total. The van der Waals surface area contributed by atoms with Crippen LogP contribution in [0.15, 0.2) is 47.4 Å². The quantitative estimate of drug-likeness (QED) is 0.260. The van der Waals surface area contributed by atoms with Gasteiger partial charge in [-0.15, -0.1) is 0 Å². The molecule has 0 radical (unpaired) electrons. The maximum absolute atomic E-state index is 14.2. The molecule has 2 heterocycles. The molecule has 2 aromatic heterocycles. The predicted molar refractivity (Wildman–Crippen MR) is 131 cm³/mol. The minimum atomic E-state index is -0.216. The summed E-state index contributed by atoms with van der Waals surface area (Å²) in [6.45, 7) is 6.56. The summed E-state index contributed by atoms with van der Waals surface area (Å²) in [6.07, 6.45) is 0.755. The van der Waals surface area contributed by atoms with E-state index in [1.807, 2.05) is 58.2 Å². The molecular weight excluding hydrogens is 423 g/mol. The van der Waals surface area contributed by atoms with Crippen LogP contribution >= 0.6 is 11.9 Å². The van der Waals surface area contributed by atoms with E-state index in [9.17, 15) is 4.39 Å². The third-order valence-electron chi connectivity index (χ3n) is 5.28. The number of hydrogen-bond acceptors (Lipinski definition) is 6. The highest BCUT2D eigenvalue weighted by Gasteiger charge is 2.14. The summed E-state index contributed by atoms with van der Waals surface area (Å²) in [6, 6.07) is 13.4. The minimum absolute atomic E-state index is 0.216. The van der Waals surface area contributed by atoms with Gasteiger partial charge in [0, 0.05) is 34.3 Å². The van der Waals surface area contributed by atoms with Crippen LogP contribution in [0.5, 0.6) is 0 Å². The molecule has 0 bridgehead atoms. The number of aromatic amines is 1. The van der Waals surface area contributed by atoms with E-state index in [0.29, 0.717) is 17.9 Å². The summed E-state index contributed by atoms with van der Waals surface area (Å²) in [5, 5.41) is 7.73. The largest absolute Gasteiger partial charge is 0.370 e. The van der Waals surface area contributed by atoms with E-state index in [2.05, 4.69) is 36.4 Å². The molecule has 0 aliphatic carbocycles. The molecule has 0 amide bonds. The number of fused-ring (bicyclic) bond motifs is 1. The number of H-pyrrole nitrogens is 1. The lowest BCUT2D eigenvalue weighted by Gasteiger charge is -2.11. The molecule has 0 aliphatic heterocycles. The SMILES string of the molecule is CNSc1cccc(Nc2cc(NCCc3c(C)[nH]c4c(F)ccc(C)c34)nc(C)n2)c1. The fourth-order valence-electron chi connectivity index (χ4n) is 3.90. The van der Waals surface area contributed by atoms with Crippen molar-refractivity contribution in [2.75, 3.05) is 24.2 Å². The van der Waals surface area contributed by atoms with Gasteiger partial charge in [0.2, 0.25) is 0 Å². The molecule has 4 rings (SSSR count). The van der Waals surface area contributed by atoms with Crippen molar-refractivity contribution < 1.29 is 4.39 Å². The molecule has 0 unspecified atom stereocenters. The second-order valence-corrected chi connectivity index (χ2v) is 8.75. The van der Waals surface area contributed by atoms with E-state index >= 15 is 0 Å². The molecule has 0 aliphatic rings. The predicted octanol–water partition coefficient (Wildman–Crippen LogP) is 5.65. The molecule has 0 saturated heterocycles. The zero-order valence-corrected chi connectivity index (χ0v) is 19.5. The average molecular weight is 451 g/mol. The van der Waals surface area contributed by atoms with Crippen molar-refractivity contribution in [1.29, 1.82) is 0 Å². The van der Waals surface area contributed by atoms with Crippen molar-refractivity contribution in [3.8, 4) is 0 Å². The average Bonchev–Trinajstić information content (AvgIpc) is 3.08. The fourth-order valence-corrected chi connectivity index (χ4v) is 4.46. The number of halogens is 1. The van der Waals surface area contributed by atoms with Crippen molar-refractivity contribution >= 4 is 40.2 Å². The molecule has 166 valence electrons. The van der Waals surface area contributed by atoms with E-state index in [-0.39, 0.29) is 5.82 Å². The number of rotatable bonds is 8. The molecule has 32 heavy (non-hydrogen) atoms. The lowest BCUT2D eigenvalue weighted by Crippen LogP contribution is -2.09. The summed E-state index contributed by atoms with van der Waals surface area (Å²) >= 11 is 1.56. The number of anilines is 3. The summed E-state index contributed by atoms with van der Waals surface area (Å²) in [5.41, 5.74) is 4.74. The Kier molecular flexibility index (Phi) is 6.62. The van der Waals surface area contributed by atoms with Crippen LogP contribution in [-0.2, 0) is 6.42 Å². The van der Waals surface area contributed by atoms with Crippen LogP contribution in [-0.4, -0.2) is 28.5 Å². The standard InChI is InChI=1S/C24H27FN6S/c1-14-8-9-20(25)24-23(14)19(15(2)28-24)10-11-27-21-13-22(30-16(3)29-21)31-17-6-5-7-18(12-17)32-26-4/h5-9,12-13,26,28H,10-11H2,1-4H3,(H2,27,29,30,31). The molecule has 0 saturated carbocycles. The Hall–Kier alpha value is -3.10. The van der Waals surface area contributed by atoms with Gasteiger partial charge >= 0.3 is 0 Å². The molecule has 0 spiro atoms. The van der Waals surface area contributed by atoms with Crippen LogP contribution in [0.4, 0.5) is 21.7 Å². The first kappa shape index (κ1) is 22.1. The monoisotopic (exact) mass is 450 g/mol. The Morgan fingerprint density at radius 2 is 1.84 bits per heavy atom. The smallest absolute Gasteiger partial charge is 0.147 e. The summed E-state index contributed by atoms with van der Waals surface area (Å²) in [7, 11) is 1.89. The lowest BCUT2D eigenvalue weighted by atomic mass is 10.0. The maximum Gasteiger partial charge on any atom is 0.147 e. The third kappa shape index (κ3) is 4.87. The van der Waals surface area contributed by atoms with Crippen LogP contribution in [0.2, 0.25) is 0 Å². The molecule has 4 aromatic rings. The number of aryl methyl sites for hydroxylation is 3. The van der Waals surface area contributed by atoms with Gasteiger partial charge in [-0.05, 0) is 81.6 Å². The van der Waals surface area contributed by atoms with Crippen molar-refractivity contribution in [3.05, 3.63) is 70.9 Å². The third-order valence-corrected chi connectivity index (χ3v) is 5.97. The van der Waals surface area contributed by atoms with Crippen LogP contribution in [0.25, 0.3) is 10.9 Å². The normalized spacial score (nSPS) is 11.2. The Labute approximate surface area is 191 Å². The molecule has 8 heteroatoms. The van der Waals surface area contributed by atoms with E-state index in [0.717, 1.165) is 50.8 Å². The highest BCUT2D eigenvalue weighted by molar-refractivity contribution is 7.97. The van der Waals surface area contributed by atoms with Crippen molar-refractivity contribution in [1.82, 2.24) is 19.7 Å². The van der Waals surface area contributed by atoms with Gasteiger partial charge in [0.05, 0.1) is 5.52 Å². The van der Waals surface area contributed by atoms with Crippen LogP contribution in [0.1, 0.15) is 22.6 Å². The van der Waals surface area contributed by atoms with Gasteiger partial charge in [-0.25, -0.2) is 14.4 Å². The topological polar surface area (TPSA) is 77.7 Å². The van der Waals surface area contributed by atoms with Gasteiger partial charge < -0.3 is 15.6 Å². The number of benzene rings is 2. The fraction of sp³-hybridized carbons (Fsp3) is 0.250. The van der Waals surface area contributed by atoms with Crippen LogP contribution in [0.3, 0.4) is 0 Å².